The van der Waals surface area contributed by atoms with Gasteiger partial charge in [-0.2, -0.15) is 0 Å². The SMILES string of the molecule is Cc1cc(Br)c2nc(C)c(C(=O)NCCCn3ccnc3)n2c1. The Hall–Kier alpha value is -2.15. The van der Waals surface area contributed by atoms with E-state index >= 15 is 0 Å². The molecule has 120 valence electrons. The van der Waals surface area contributed by atoms with Gasteiger partial charge in [0, 0.05) is 31.7 Å². The minimum atomic E-state index is -0.0990. The second-order valence-electron chi connectivity index (χ2n) is 5.51. The van der Waals surface area contributed by atoms with Crippen molar-refractivity contribution in [2.75, 3.05) is 6.54 Å². The molecule has 0 spiro atoms. The molecule has 0 saturated heterocycles. The summed E-state index contributed by atoms with van der Waals surface area (Å²) in [6, 6.07) is 1.99. The molecular weight excluding hydrogens is 358 g/mol. The minimum Gasteiger partial charge on any atom is -0.351 e. The number of aromatic nitrogens is 4. The van der Waals surface area contributed by atoms with E-state index in [-0.39, 0.29) is 5.91 Å². The van der Waals surface area contributed by atoms with E-state index in [1.165, 1.54) is 0 Å². The van der Waals surface area contributed by atoms with E-state index in [1.807, 2.05) is 41.3 Å². The number of hydrogen-bond donors (Lipinski definition) is 1. The van der Waals surface area contributed by atoms with Gasteiger partial charge in [-0.05, 0) is 47.8 Å². The summed E-state index contributed by atoms with van der Waals surface area (Å²) in [6.45, 7) is 5.29. The molecule has 0 bridgehead atoms. The molecular formula is C16H18BrN5O. The zero-order valence-corrected chi connectivity index (χ0v) is 14.7. The van der Waals surface area contributed by atoms with Gasteiger partial charge in [-0.25, -0.2) is 9.97 Å². The maximum atomic E-state index is 12.5. The number of hydrogen-bond acceptors (Lipinski definition) is 3. The number of nitrogens with one attached hydrogen (secondary N) is 1. The highest BCUT2D eigenvalue weighted by Gasteiger charge is 2.17. The van der Waals surface area contributed by atoms with Gasteiger partial charge in [0.15, 0.2) is 5.65 Å². The van der Waals surface area contributed by atoms with Gasteiger partial charge >= 0.3 is 0 Å². The Morgan fingerprint density at radius 1 is 1.39 bits per heavy atom. The smallest absolute Gasteiger partial charge is 0.270 e. The largest absolute Gasteiger partial charge is 0.351 e. The Morgan fingerprint density at radius 2 is 2.22 bits per heavy atom. The number of halogens is 1. The molecule has 1 N–H and O–H groups in total. The highest BCUT2D eigenvalue weighted by atomic mass is 79.9. The third-order valence-electron chi connectivity index (χ3n) is 3.64. The van der Waals surface area contributed by atoms with Crippen LogP contribution in [0.2, 0.25) is 0 Å². The van der Waals surface area contributed by atoms with Gasteiger partial charge in [-0.15, -0.1) is 0 Å². The first kappa shape index (κ1) is 15.7. The maximum Gasteiger partial charge on any atom is 0.270 e. The first-order chi connectivity index (χ1) is 11.1. The monoisotopic (exact) mass is 375 g/mol. The highest BCUT2D eigenvalue weighted by molar-refractivity contribution is 9.10. The Kier molecular flexibility index (Phi) is 4.47. The van der Waals surface area contributed by atoms with Crippen LogP contribution in [0.5, 0.6) is 0 Å². The quantitative estimate of drug-likeness (QED) is 0.697. The predicted octanol–water partition coefficient (Wildman–Crippen LogP) is 2.73. The van der Waals surface area contributed by atoms with E-state index in [0.717, 1.165) is 34.3 Å². The fraction of sp³-hybridized carbons (Fsp3) is 0.312. The molecule has 0 aromatic carbocycles. The molecule has 6 nitrogen and oxygen atoms in total. The molecule has 1 amide bonds. The van der Waals surface area contributed by atoms with Gasteiger partial charge in [0.05, 0.1) is 16.5 Å². The van der Waals surface area contributed by atoms with Gasteiger partial charge in [0.25, 0.3) is 5.91 Å². The van der Waals surface area contributed by atoms with Gasteiger partial charge in [0.2, 0.25) is 0 Å². The number of pyridine rings is 1. The zero-order chi connectivity index (χ0) is 16.4. The molecule has 0 atom stereocenters. The Morgan fingerprint density at radius 3 is 2.96 bits per heavy atom. The predicted molar refractivity (Wildman–Crippen MR) is 91.5 cm³/mol. The summed E-state index contributed by atoms with van der Waals surface area (Å²) in [5.41, 5.74) is 3.14. The molecule has 0 aliphatic carbocycles. The normalized spacial score (nSPS) is 11.1. The molecule has 0 fully saturated rings. The number of imidazole rings is 2. The molecule has 0 saturated carbocycles. The van der Waals surface area contributed by atoms with Gasteiger partial charge < -0.3 is 9.88 Å². The van der Waals surface area contributed by atoms with Crippen LogP contribution in [0.4, 0.5) is 0 Å². The van der Waals surface area contributed by atoms with Crippen molar-refractivity contribution in [3.63, 3.8) is 0 Å². The number of rotatable bonds is 5. The maximum absolute atomic E-state index is 12.5. The van der Waals surface area contributed by atoms with E-state index < -0.39 is 0 Å². The van der Waals surface area contributed by atoms with Gasteiger partial charge in [0.1, 0.15) is 5.69 Å². The van der Waals surface area contributed by atoms with Crippen LogP contribution in [-0.4, -0.2) is 31.4 Å². The second-order valence-corrected chi connectivity index (χ2v) is 6.37. The summed E-state index contributed by atoms with van der Waals surface area (Å²) in [7, 11) is 0. The van der Waals surface area contributed by atoms with Crippen LogP contribution in [0.25, 0.3) is 5.65 Å². The average Bonchev–Trinajstić information content (AvgIpc) is 3.11. The van der Waals surface area contributed by atoms with Gasteiger partial charge in [-0.3, -0.25) is 9.20 Å². The Bertz CT molecular complexity index is 838. The van der Waals surface area contributed by atoms with Crippen LogP contribution in [0, 0.1) is 13.8 Å². The zero-order valence-electron chi connectivity index (χ0n) is 13.1. The van der Waals surface area contributed by atoms with Crippen molar-refractivity contribution in [3.05, 3.63) is 52.4 Å². The van der Waals surface area contributed by atoms with Gasteiger partial charge in [-0.1, -0.05) is 0 Å². The molecule has 3 aromatic heterocycles. The second kappa shape index (κ2) is 6.54. The van der Waals surface area contributed by atoms with Crippen molar-refractivity contribution in [1.29, 1.82) is 0 Å². The summed E-state index contributed by atoms with van der Waals surface area (Å²) < 4.78 is 4.73. The van der Waals surface area contributed by atoms with Crippen LogP contribution in [0.15, 0.2) is 35.5 Å². The Labute approximate surface area is 142 Å². The van der Waals surface area contributed by atoms with Crippen molar-refractivity contribution in [2.24, 2.45) is 0 Å². The molecule has 0 unspecified atom stereocenters. The topological polar surface area (TPSA) is 64.2 Å². The van der Waals surface area contributed by atoms with Crippen molar-refractivity contribution in [2.45, 2.75) is 26.8 Å². The van der Waals surface area contributed by atoms with Crippen LogP contribution in [0.1, 0.15) is 28.2 Å². The van der Waals surface area contributed by atoms with Crippen LogP contribution < -0.4 is 5.32 Å². The first-order valence-electron chi connectivity index (χ1n) is 7.45. The number of carbonyl (C=O) groups excluding carboxylic acids is 1. The fourth-order valence-electron chi connectivity index (χ4n) is 2.59. The minimum absolute atomic E-state index is 0.0990. The van der Waals surface area contributed by atoms with E-state index in [2.05, 4.69) is 31.2 Å². The van der Waals surface area contributed by atoms with Crippen LogP contribution in [0.3, 0.4) is 0 Å². The molecule has 3 heterocycles. The lowest BCUT2D eigenvalue weighted by atomic mass is 10.3. The van der Waals surface area contributed by atoms with Crippen molar-refractivity contribution >= 4 is 27.5 Å². The highest BCUT2D eigenvalue weighted by Crippen LogP contribution is 2.22. The number of carbonyl (C=O) groups is 1. The third-order valence-corrected chi connectivity index (χ3v) is 4.22. The lowest BCUT2D eigenvalue weighted by molar-refractivity contribution is 0.0946. The molecule has 23 heavy (non-hydrogen) atoms. The molecule has 0 radical (unpaired) electrons. The molecule has 3 aromatic rings. The fourth-order valence-corrected chi connectivity index (χ4v) is 3.23. The summed E-state index contributed by atoms with van der Waals surface area (Å²) >= 11 is 3.51. The van der Waals surface area contributed by atoms with Crippen LogP contribution >= 0.6 is 15.9 Å². The molecule has 3 rings (SSSR count). The summed E-state index contributed by atoms with van der Waals surface area (Å²) in [5, 5.41) is 2.97. The third kappa shape index (κ3) is 3.29. The number of nitrogens with zero attached hydrogens (tertiary/aromatic N) is 4. The lowest BCUT2D eigenvalue weighted by Crippen LogP contribution is -2.27. The summed E-state index contributed by atoms with van der Waals surface area (Å²) in [4.78, 5) is 21.0. The number of aryl methyl sites for hydroxylation is 3. The number of fused-ring (bicyclic) bond motifs is 1. The standard InChI is InChI=1S/C16H18BrN5O/c1-11-8-13(17)15-20-12(2)14(22(15)9-11)16(23)19-4-3-6-21-7-5-18-10-21/h5,7-10H,3-4,6H2,1-2H3,(H,19,23). The molecule has 0 aliphatic rings. The van der Waals surface area contributed by atoms with E-state index in [9.17, 15) is 4.79 Å². The summed E-state index contributed by atoms with van der Waals surface area (Å²) in [6.07, 6.45) is 8.22. The summed E-state index contributed by atoms with van der Waals surface area (Å²) in [5.74, 6) is -0.0990. The van der Waals surface area contributed by atoms with Crippen molar-refractivity contribution in [1.82, 2.24) is 24.3 Å². The van der Waals surface area contributed by atoms with Crippen LogP contribution in [-0.2, 0) is 6.54 Å². The average molecular weight is 376 g/mol. The first-order valence-corrected chi connectivity index (χ1v) is 8.24. The number of amides is 1. The van der Waals surface area contributed by atoms with Crippen molar-refractivity contribution < 1.29 is 4.79 Å². The van der Waals surface area contributed by atoms with Crippen molar-refractivity contribution in [3.8, 4) is 0 Å². The molecule has 0 aliphatic heterocycles. The van der Waals surface area contributed by atoms with E-state index in [0.29, 0.717) is 12.2 Å². The van der Waals surface area contributed by atoms with E-state index in [4.69, 9.17) is 0 Å². The lowest BCUT2D eigenvalue weighted by Gasteiger charge is -2.07. The Balaban J connectivity index is 1.72. The molecule has 7 heteroatoms. The van der Waals surface area contributed by atoms with E-state index in [1.54, 1.807) is 12.5 Å².